The van der Waals surface area contributed by atoms with Gasteiger partial charge in [-0.2, -0.15) is 13.2 Å². The van der Waals surface area contributed by atoms with Gasteiger partial charge in [-0.25, -0.2) is 0 Å². The normalized spacial score (nSPS) is 23.6. The van der Waals surface area contributed by atoms with Gasteiger partial charge in [-0.05, 0) is 47.3 Å². The van der Waals surface area contributed by atoms with E-state index in [-0.39, 0.29) is 25.0 Å². The molecule has 20 heavy (non-hydrogen) atoms. The van der Waals surface area contributed by atoms with Crippen LogP contribution in [0.4, 0.5) is 13.2 Å². The Morgan fingerprint density at radius 1 is 1.35 bits per heavy atom. The lowest BCUT2D eigenvalue weighted by atomic mass is 9.78. The smallest absolute Gasteiger partial charge is 0.299 e. The Kier molecular flexibility index (Phi) is 4.83. The number of aromatic nitrogens is 1. The van der Waals surface area contributed by atoms with Crippen LogP contribution in [0, 0.1) is 11.8 Å². The van der Waals surface area contributed by atoms with E-state index < -0.39 is 18.0 Å². The van der Waals surface area contributed by atoms with E-state index in [9.17, 15) is 18.0 Å². The first kappa shape index (κ1) is 15.5. The van der Waals surface area contributed by atoms with Crippen LogP contribution in [0.3, 0.4) is 0 Å². The number of rotatable bonds is 3. The van der Waals surface area contributed by atoms with Crippen molar-refractivity contribution in [3.63, 3.8) is 0 Å². The summed E-state index contributed by atoms with van der Waals surface area (Å²) >= 11 is 3.25. The largest absolute Gasteiger partial charge is 0.391 e. The minimum atomic E-state index is -4.19. The zero-order chi connectivity index (χ0) is 14.8. The number of hydrogen-bond donors (Lipinski definition) is 0. The maximum absolute atomic E-state index is 12.7. The van der Waals surface area contributed by atoms with Gasteiger partial charge in [0.1, 0.15) is 5.78 Å². The summed E-state index contributed by atoms with van der Waals surface area (Å²) in [7, 11) is 0. The molecule has 1 heterocycles. The molecule has 1 aliphatic rings. The van der Waals surface area contributed by atoms with Crippen LogP contribution in [0.1, 0.15) is 31.4 Å². The quantitative estimate of drug-likeness (QED) is 0.813. The van der Waals surface area contributed by atoms with Crippen molar-refractivity contribution in [1.29, 1.82) is 0 Å². The standard InChI is InChI=1S/C14H15BrF3NO/c15-11-4-5-12(19-8-11)7-13(20)9-2-1-3-10(6-9)14(16,17)18/h4-5,8-10H,1-3,6-7H2. The lowest BCUT2D eigenvalue weighted by Gasteiger charge is -2.29. The van der Waals surface area contributed by atoms with Crippen LogP contribution in [0.15, 0.2) is 22.8 Å². The molecule has 0 spiro atoms. The Labute approximate surface area is 123 Å². The van der Waals surface area contributed by atoms with E-state index in [1.165, 1.54) is 0 Å². The molecule has 110 valence electrons. The molecule has 0 bridgehead atoms. The molecular weight excluding hydrogens is 335 g/mol. The number of Topliss-reactive ketones (excluding diaryl/α,β-unsaturated/α-hetero) is 1. The second-order valence-electron chi connectivity index (χ2n) is 5.21. The van der Waals surface area contributed by atoms with Gasteiger partial charge in [-0.3, -0.25) is 9.78 Å². The summed E-state index contributed by atoms with van der Waals surface area (Å²) < 4.78 is 39.0. The highest BCUT2D eigenvalue weighted by Crippen LogP contribution is 2.40. The Hall–Kier alpha value is -0.910. The first-order valence-electron chi connectivity index (χ1n) is 6.56. The van der Waals surface area contributed by atoms with Crippen LogP contribution >= 0.6 is 15.9 Å². The van der Waals surface area contributed by atoms with Crippen molar-refractivity contribution in [2.24, 2.45) is 11.8 Å². The fourth-order valence-corrected chi connectivity index (χ4v) is 2.85. The molecule has 0 saturated heterocycles. The highest BCUT2D eigenvalue weighted by Gasteiger charge is 2.43. The van der Waals surface area contributed by atoms with Gasteiger partial charge in [-0.1, -0.05) is 6.42 Å². The first-order valence-corrected chi connectivity index (χ1v) is 7.35. The fourth-order valence-electron chi connectivity index (χ4n) is 2.61. The van der Waals surface area contributed by atoms with Crippen LogP contribution in [-0.2, 0) is 11.2 Å². The molecule has 6 heteroatoms. The zero-order valence-corrected chi connectivity index (χ0v) is 12.4. The third-order valence-corrected chi connectivity index (χ3v) is 4.21. The van der Waals surface area contributed by atoms with Crippen molar-refractivity contribution < 1.29 is 18.0 Å². The molecule has 2 nitrogen and oxygen atoms in total. The number of hydrogen-bond acceptors (Lipinski definition) is 2. The van der Waals surface area contributed by atoms with Crippen LogP contribution in [0.25, 0.3) is 0 Å². The summed E-state index contributed by atoms with van der Waals surface area (Å²) in [6.45, 7) is 0. The number of nitrogens with zero attached hydrogens (tertiary/aromatic N) is 1. The number of halogens is 4. The maximum atomic E-state index is 12.7. The van der Waals surface area contributed by atoms with Crippen molar-refractivity contribution in [2.45, 2.75) is 38.3 Å². The molecular formula is C14H15BrF3NO. The highest BCUT2D eigenvalue weighted by atomic mass is 79.9. The monoisotopic (exact) mass is 349 g/mol. The number of ketones is 1. The summed E-state index contributed by atoms with van der Waals surface area (Å²) in [5, 5.41) is 0. The molecule has 2 atom stereocenters. The van der Waals surface area contributed by atoms with Crippen molar-refractivity contribution >= 4 is 21.7 Å². The minimum Gasteiger partial charge on any atom is -0.299 e. The van der Waals surface area contributed by atoms with E-state index in [4.69, 9.17) is 0 Å². The second-order valence-corrected chi connectivity index (χ2v) is 6.13. The molecule has 2 unspecified atom stereocenters. The maximum Gasteiger partial charge on any atom is 0.391 e. The molecule has 0 radical (unpaired) electrons. The number of carbonyl (C=O) groups is 1. The molecule has 0 aliphatic heterocycles. The topological polar surface area (TPSA) is 30.0 Å². The lowest BCUT2D eigenvalue weighted by molar-refractivity contribution is -0.186. The molecule has 0 aromatic carbocycles. The van der Waals surface area contributed by atoms with Gasteiger partial charge >= 0.3 is 6.18 Å². The third kappa shape index (κ3) is 4.04. The summed E-state index contributed by atoms with van der Waals surface area (Å²) in [5.41, 5.74) is 0.604. The van der Waals surface area contributed by atoms with Crippen molar-refractivity contribution in [3.05, 3.63) is 28.5 Å². The molecule has 1 aliphatic carbocycles. The van der Waals surface area contributed by atoms with Gasteiger partial charge < -0.3 is 0 Å². The minimum absolute atomic E-state index is 0.0706. The summed E-state index contributed by atoms with van der Waals surface area (Å²) in [6.07, 6.45) is -1.39. The Balaban J connectivity index is 1.97. The van der Waals surface area contributed by atoms with E-state index >= 15 is 0 Å². The van der Waals surface area contributed by atoms with Gasteiger partial charge in [0.25, 0.3) is 0 Å². The van der Waals surface area contributed by atoms with Crippen LogP contribution in [-0.4, -0.2) is 16.9 Å². The Morgan fingerprint density at radius 2 is 2.10 bits per heavy atom. The van der Waals surface area contributed by atoms with Gasteiger partial charge in [0.05, 0.1) is 5.92 Å². The summed E-state index contributed by atoms with van der Waals surface area (Å²) in [5.74, 6) is -1.95. The SMILES string of the molecule is O=C(Cc1ccc(Br)cn1)C1CCCC(C(F)(F)F)C1. The van der Waals surface area contributed by atoms with Gasteiger partial charge in [0.15, 0.2) is 0 Å². The van der Waals surface area contributed by atoms with E-state index in [0.29, 0.717) is 18.5 Å². The van der Waals surface area contributed by atoms with Crippen LogP contribution in [0.2, 0.25) is 0 Å². The molecule has 1 aromatic rings. The number of carbonyl (C=O) groups excluding carboxylic acids is 1. The van der Waals surface area contributed by atoms with Crippen molar-refractivity contribution in [3.8, 4) is 0 Å². The van der Waals surface area contributed by atoms with Crippen molar-refractivity contribution in [1.82, 2.24) is 4.98 Å². The highest BCUT2D eigenvalue weighted by molar-refractivity contribution is 9.10. The predicted octanol–water partition coefficient (Wildman–Crippen LogP) is 4.32. The molecule has 0 N–H and O–H groups in total. The molecule has 1 saturated carbocycles. The van der Waals surface area contributed by atoms with Crippen LogP contribution < -0.4 is 0 Å². The summed E-state index contributed by atoms with van der Waals surface area (Å²) in [6, 6.07) is 3.49. The average Bonchev–Trinajstić information content (AvgIpc) is 2.40. The lowest BCUT2D eigenvalue weighted by Crippen LogP contribution is -2.32. The molecule has 2 rings (SSSR count). The summed E-state index contributed by atoms with van der Waals surface area (Å²) in [4.78, 5) is 16.2. The second kappa shape index (κ2) is 6.24. The van der Waals surface area contributed by atoms with E-state index in [0.717, 1.165) is 4.47 Å². The van der Waals surface area contributed by atoms with Gasteiger partial charge in [0.2, 0.25) is 0 Å². The molecule has 1 fully saturated rings. The van der Waals surface area contributed by atoms with Gasteiger partial charge in [0, 0.05) is 28.7 Å². The fraction of sp³-hybridized carbons (Fsp3) is 0.571. The predicted molar refractivity (Wildman–Crippen MR) is 72.2 cm³/mol. The van der Waals surface area contributed by atoms with Crippen LogP contribution in [0.5, 0.6) is 0 Å². The molecule has 0 amide bonds. The zero-order valence-electron chi connectivity index (χ0n) is 10.8. The van der Waals surface area contributed by atoms with Gasteiger partial charge in [-0.15, -0.1) is 0 Å². The van der Waals surface area contributed by atoms with Crippen molar-refractivity contribution in [2.75, 3.05) is 0 Å². The van der Waals surface area contributed by atoms with E-state index in [1.807, 2.05) is 0 Å². The first-order chi connectivity index (χ1) is 9.36. The van der Waals surface area contributed by atoms with E-state index in [2.05, 4.69) is 20.9 Å². The average molecular weight is 350 g/mol. The van der Waals surface area contributed by atoms with E-state index in [1.54, 1.807) is 18.3 Å². The Morgan fingerprint density at radius 3 is 2.70 bits per heavy atom. The number of alkyl halides is 3. The third-order valence-electron chi connectivity index (χ3n) is 3.74. The number of pyridine rings is 1. The molecule has 1 aromatic heterocycles. The Bertz CT molecular complexity index is 472.